The van der Waals surface area contributed by atoms with Crippen LogP contribution in [0, 0.1) is 6.92 Å². The molecule has 0 spiro atoms. The maximum atomic E-state index is 5.68. The number of rotatable bonds is 4. The quantitative estimate of drug-likeness (QED) is 0.743. The Kier molecular flexibility index (Phi) is 3.60. The van der Waals surface area contributed by atoms with Gasteiger partial charge in [-0.1, -0.05) is 48.5 Å². The number of para-hydroxylation sites is 1. The topological polar surface area (TPSA) is 9.23 Å². The zero-order valence-electron chi connectivity index (χ0n) is 9.23. The Morgan fingerprint density at radius 3 is 2.31 bits per heavy atom. The number of hydrogen-bond donors (Lipinski definition) is 0. The highest BCUT2D eigenvalue weighted by atomic mass is 16.5. The first-order valence-electron chi connectivity index (χ1n) is 5.48. The number of benzene rings is 2. The molecule has 2 aromatic rings. The van der Waals surface area contributed by atoms with Gasteiger partial charge < -0.3 is 4.74 Å². The summed E-state index contributed by atoms with van der Waals surface area (Å²) >= 11 is 0. The van der Waals surface area contributed by atoms with Crippen LogP contribution in [0.3, 0.4) is 0 Å². The van der Waals surface area contributed by atoms with E-state index >= 15 is 0 Å². The lowest BCUT2D eigenvalue weighted by molar-refractivity contribution is 0.325. The van der Waals surface area contributed by atoms with Gasteiger partial charge in [0.05, 0.1) is 6.61 Å². The van der Waals surface area contributed by atoms with Crippen LogP contribution in [0.1, 0.15) is 6.42 Å². The van der Waals surface area contributed by atoms with Gasteiger partial charge in [0.25, 0.3) is 0 Å². The van der Waals surface area contributed by atoms with Crippen LogP contribution in [-0.4, -0.2) is 6.61 Å². The second-order valence-electron chi connectivity index (χ2n) is 3.56. The van der Waals surface area contributed by atoms with Crippen molar-refractivity contribution in [2.24, 2.45) is 0 Å². The van der Waals surface area contributed by atoms with Gasteiger partial charge in [0, 0.05) is 5.56 Å². The summed E-state index contributed by atoms with van der Waals surface area (Å²) < 4.78 is 5.68. The van der Waals surface area contributed by atoms with Gasteiger partial charge in [0.1, 0.15) is 5.75 Å². The van der Waals surface area contributed by atoms with Crippen LogP contribution in [0.4, 0.5) is 0 Å². The van der Waals surface area contributed by atoms with Crippen LogP contribution in [0.5, 0.6) is 5.75 Å². The molecule has 0 atom stereocenters. The smallest absolute Gasteiger partial charge is 0.127 e. The molecule has 1 nitrogen and oxygen atoms in total. The van der Waals surface area contributed by atoms with Crippen LogP contribution >= 0.6 is 0 Å². The summed E-state index contributed by atoms with van der Waals surface area (Å²) in [4.78, 5) is 0. The highest BCUT2D eigenvalue weighted by Gasteiger charge is 2.03. The lowest BCUT2D eigenvalue weighted by Crippen LogP contribution is -1.96. The number of hydrogen-bond acceptors (Lipinski definition) is 1. The third-order valence-electron chi connectivity index (χ3n) is 2.37. The molecule has 0 saturated carbocycles. The summed E-state index contributed by atoms with van der Waals surface area (Å²) in [5.74, 6) is 0.928. The lowest BCUT2D eigenvalue weighted by Gasteiger charge is -2.10. The summed E-state index contributed by atoms with van der Waals surface area (Å²) in [5, 5.41) is 0. The molecule has 0 saturated heterocycles. The van der Waals surface area contributed by atoms with Gasteiger partial charge in [-0.15, -0.1) is 0 Å². The molecule has 16 heavy (non-hydrogen) atoms. The molecule has 0 aliphatic rings. The summed E-state index contributed by atoms with van der Waals surface area (Å²) in [5.41, 5.74) is 2.32. The Bertz CT molecular complexity index is 434. The van der Waals surface area contributed by atoms with Crippen molar-refractivity contribution < 1.29 is 4.74 Å². The first kappa shape index (κ1) is 10.7. The van der Waals surface area contributed by atoms with Crippen LogP contribution < -0.4 is 4.74 Å². The summed E-state index contributed by atoms with van der Waals surface area (Å²) in [6.07, 6.45) is 0.781. The number of ether oxygens (including phenoxy) is 1. The van der Waals surface area contributed by atoms with Crippen molar-refractivity contribution in [3.8, 4) is 16.9 Å². The molecule has 0 heterocycles. The van der Waals surface area contributed by atoms with E-state index in [1.807, 2.05) is 36.4 Å². The van der Waals surface area contributed by atoms with Gasteiger partial charge in [-0.05, 0) is 25.0 Å². The Morgan fingerprint density at radius 1 is 0.875 bits per heavy atom. The van der Waals surface area contributed by atoms with Crippen LogP contribution in [0.15, 0.2) is 54.6 Å². The molecule has 0 bridgehead atoms. The van der Waals surface area contributed by atoms with Crippen molar-refractivity contribution in [2.75, 3.05) is 6.61 Å². The molecule has 0 amide bonds. The fourth-order valence-electron chi connectivity index (χ4n) is 1.63. The predicted molar refractivity (Wildman–Crippen MR) is 67.3 cm³/mol. The first-order chi connectivity index (χ1) is 7.92. The van der Waals surface area contributed by atoms with Gasteiger partial charge in [-0.3, -0.25) is 0 Å². The largest absolute Gasteiger partial charge is 0.493 e. The molecular formula is C15H15O. The molecule has 0 N–H and O–H groups in total. The Labute approximate surface area is 96.7 Å². The Hall–Kier alpha value is -1.76. The van der Waals surface area contributed by atoms with E-state index < -0.39 is 0 Å². The summed E-state index contributed by atoms with van der Waals surface area (Å²) in [6, 6.07) is 18.4. The van der Waals surface area contributed by atoms with E-state index in [4.69, 9.17) is 4.74 Å². The molecular weight excluding hydrogens is 196 g/mol. The van der Waals surface area contributed by atoms with E-state index in [9.17, 15) is 0 Å². The van der Waals surface area contributed by atoms with Gasteiger partial charge in [-0.25, -0.2) is 0 Å². The van der Waals surface area contributed by atoms with Gasteiger partial charge in [-0.2, -0.15) is 0 Å². The highest BCUT2D eigenvalue weighted by molar-refractivity contribution is 5.70. The molecule has 0 aromatic heterocycles. The van der Waals surface area contributed by atoms with E-state index in [1.54, 1.807) is 0 Å². The van der Waals surface area contributed by atoms with Crippen LogP contribution in [0.2, 0.25) is 0 Å². The minimum absolute atomic E-state index is 0.657. The average Bonchev–Trinajstić information content (AvgIpc) is 2.38. The maximum Gasteiger partial charge on any atom is 0.127 e. The van der Waals surface area contributed by atoms with E-state index in [0.717, 1.165) is 17.7 Å². The van der Waals surface area contributed by atoms with Crippen molar-refractivity contribution in [1.82, 2.24) is 0 Å². The summed E-state index contributed by atoms with van der Waals surface area (Å²) in [7, 11) is 0. The molecule has 0 fully saturated rings. The van der Waals surface area contributed by atoms with E-state index in [2.05, 4.69) is 25.1 Å². The van der Waals surface area contributed by atoms with Gasteiger partial charge >= 0.3 is 0 Å². The first-order valence-corrected chi connectivity index (χ1v) is 5.48. The Morgan fingerprint density at radius 2 is 1.56 bits per heavy atom. The van der Waals surface area contributed by atoms with Crippen molar-refractivity contribution >= 4 is 0 Å². The van der Waals surface area contributed by atoms with Gasteiger partial charge in [0.2, 0.25) is 0 Å². The molecule has 2 rings (SSSR count). The monoisotopic (exact) mass is 211 g/mol. The molecule has 81 valence electrons. The average molecular weight is 211 g/mol. The third-order valence-corrected chi connectivity index (χ3v) is 2.37. The maximum absolute atomic E-state index is 5.68. The fourth-order valence-corrected chi connectivity index (χ4v) is 1.63. The van der Waals surface area contributed by atoms with Crippen molar-refractivity contribution in [3.63, 3.8) is 0 Å². The van der Waals surface area contributed by atoms with Crippen LogP contribution in [-0.2, 0) is 0 Å². The molecule has 1 radical (unpaired) electrons. The normalized spacial score (nSPS) is 10.1. The van der Waals surface area contributed by atoms with Crippen LogP contribution in [0.25, 0.3) is 11.1 Å². The predicted octanol–water partition coefficient (Wildman–Crippen LogP) is 3.96. The zero-order valence-corrected chi connectivity index (χ0v) is 9.23. The van der Waals surface area contributed by atoms with Crippen molar-refractivity contribution in [1.29, 1.82) is 0 Å². The highest BCUT2D eigenvalue weighted by Crippen LogP contribution is 2.29. The van der Waals surface area contributed by atoms with E-state index in [1.165, 1.54) is 5.56 Å². The van der Waals surface area contributed by atoms with E-state index in [0.29, 0.717) is 6.61 Å². The van der Waals surface area contributed by atoms with Crippen molar-refractivity contribution in [3.05, 3.63) is 61.5 Å². The van der Waals surface area contributed by atoms with Crippen molar-refractivity contribution in [2.45, 2.75) is 6.42 Å². The molecule has 0 unspecified atom stereocenters. The minimum atomic E-state index is 0.657. The Balaban J connectivity index is 2.33. The van der Waals surface area contributed by atoms with E-state index in [-0.39, 0.29) is 0 Å². The second kappa shape index (κ2) is 5.36. The minimum Gasteiger partial charge on any atom is -0.493 e. The molecule has 2 aromatic carbocycles. The third kappa shape index (κ3) is 2.43. The SMILES string of the molecule is [CH2]CCOc1ccccc1-c1ccccc1. The molecule has 0 aliphatic heterocycles. The summed E-state index contributed by atoms with van der Waals surface area (Å²) in [6.45, 7) is 4.43. The second-order valence-corrected chi connectivity index (χ2v) is 3.56. The fraction of sp³-hybridized carbons (Fsp3) is 0.133. The van der Waals surface area contributed by atoms with Gasteiger partial charge in [0.15, 0.2) is 0 Å². The lowest BCUT2D eigenvalue weighted by atomic mass is 10.1. The zero-order chi connectivity index (χ0) is 11.2. The molecule has 0 aliphatic carbocycles. The molecule has 1 heteroatoms. The standard InChI is InChI=1S/C15H15O/c1-2-12-16-15-11-7-6-10-14(15)13-8-4-3-5-9-13/h3-11H,1-2,12H2.